The van der Waals surface area contributed by atoms with Gasteiger partial charge >= 0.3 is 5.97 Å². The Morgan fingerprint density at radius 1 is 1.40 bits per heavy atom. The molecule has 82 valence electrons. The molecule has 0 saturated heterocycles. The van der Waals surface area contributed by atoms with Crippen LogP contribution in [-0.4, -0.2) is 18.2 Å². The van der Waals surface area contributed by atoms with E-state index in [2.05, 4.69) is 36.6 Å². The lowest BCUT2D eigenvalue weighted by Gasteiger charge is -2.11. The van der Waals surface area contributed by atoms with E-state index in [0.29, 0.717) is 0 Å². The van der Waals surface area contributed by atoms with E-state index >= 15 is 0 Å². The van der Waals surface area contributed by atoms with Crippen LogP contribution >= 0.6 is 31.9 Å². The minimum absolute atomic E-state index is 0.0179. The molecule has 0 unspecified atom stereocenters. The van der Waals surface area contributed by atoms with Crippen LogP contribution in [0.25, 0.3) is 0 Å². The van der Waals surface area contributed by atoms with Gasteiger partial charge in [-0.2, -0.15) is 0 Å². The topological polar surface area (TPSA) is 46.5 Å². The lowest BCUT2D eigenvalue weighted by Crippen LogP contribution is -2.07. The first-order valence-corrected chi connectivity index (χ1v) is 5.44. The Morgan fingerprint density at radius 2 is 1.93 bits per heavy atom. The lowest BCUT2D eigenvalue weighted by molar-refractivity contribution is 0.0597. The molecule has 0 aliphatic heterocycles. The molecule has 3 nitrogen and oxygen atoms in total. The van der Waals surface area contributed by atoms with Crippen molar-refractivity contribution in [2.75, 3.05) is 7.11 Å². The zero-order valence-corrected chi connectivity index (χ0v) is 11.1. The number of phenols is 1. The van der Waals surface area contributed by atoms with Gasteiger partial charge in [0, 0.05) is 5.56 Å². The molecule has 1 aromatic rings. The van der Waals surface area contributed by atoms with Crippen molar-refractivity contribution in [2.45, 2.75) is 6.92 Å². The molecule has 0 atom stereocenters. The van der Waals surface area contributed by atoms with Crippen LogP contribution in [0.4, 0.5) is 4.39 Å². The van der Waals surface area contributed by atoms with Gasteiger partial charge in [0.2, 0.25) is 0 Å². The van der Waals surface area contributed by atoms with E-state index in [1.807, 2.05) is 0 Å². The molecule has 0 saturated carbocycles. The molecule has 15 heavy (non-hydrogen) atoms. The Labute approximate surface area is 102 Å². The Hall–Kier alpha value is -0.620. The summed E-state index contributed by atoms with van der Waals surface area (Å²) in [6.45, 7) is 1.50. The van der Waals surface area contributed by atoms with Crippen molar-refractivity contribution in [3.05, 3.63) is 25.9 Å². The fraction of sp³-hybridized carbons (Fsp3) is 0.222. The maximum Gasteiger partial charge on any atom is 0.339 e. The number of rotatable bonds is 1. The van der Waals surface area contributed by atoms with E-state index in [4.69, 9.17) is 0 Å². The number of aromatic hydroxyl groups is 1. The summed E-state index contributed by atoms with van der Waals surface area (Å²) in [5.41, 5.74) is 0.234. The summed E-state index contributed by atoms with van der Waals surface area (Å²) >= 11 is 5.82. The number of ether oxygens (including phenoxy) is 1. The second-order valence-corrected chi connectivity index (χ2v) is 4.37. The van der Waals surface area contributed by atoms with Gasteiger partial charge in [0.1, 0.15) is 5.75 Å². The van der Waals surface area contributed by atoms with E-state index in [9.17, 15) is 14.3 Å². The maximum absolute atomic E-state index is 13.5. The van der Waals surface area contributed by atoms with Crippen molar-refractivity contribution in [3.63, 3.8) is 0 Å². The van der Waals surface area contributed by atoms with Crippen molar-refractivity contribution in [2.24, 2.45) is 0 Å². The highest BCUT2D eigenvalue weighted by Gasteiger charge is 2.23. The quantitative estimate of drug-likeness (QED) is 0.630. The van der Waals surface area contributed by atoms with Crippen molar-refractivity contribution >= 4 is 37.8 Å². The Bertz CT molecular complexity index is 403. The van der Waals surface area contributed by atoms with Gasteiger partial charge in [-0.25, -0.2) is 9.18 Å². The highest BCUT2D eigenvalue weighted by molar-refractivity contribution is 9.11. The normalized spacial score (nSPS) is 10.2. The molecule has 0 fully saturated rings. The summed E-state index contributed by atoms with van der Waals surface area (Å²) in [4.78, 5) is 11.3. The van der Waals surface area contributed by atoms with E-state index < -0.39 is 11.8 Å². The predicted molar refractivity (Wildman–Crippen MR) is 59.5 cm³/mol. The van der Waals surface area contributed by atoms with Crippen molar-refractivity contribution < 1.29 is 19.0 Å². The van der Waals surface area contributed by atoms with E-state index in [1.165, 1.54) is 14.0 Å². The smallest absolute Gasteiger partial charge is 0.339 e. The molecule has 0 aliphatic rings. The second-order valence-electron chi connectivity index (χ2n) is 2.78. The summed E-state index contributed by atoms with van der Waals surface area (Å²) in [7, 11) is 1.19. The molecule has 0 amide bonds. The van der Waals surface area contributed by atoms with Gasteiger partial charge < -0.3 is 9.84 Å². The Morgan fingerprint density at radius 3 is 2.40 bits per heavy atom. The average molecular weight is 342 g/mol. The van der Waals surface area contributed by atoms with Gasteiger partial charge in [0.15, 0.2) is 5.82 Å². The number of phenolic OH excluding ortho intramolecular Hbond substituents is 1. The van der Waals surface area contributed by atoms with Crippen LogP contribution in [0.15, 0.2) is 8.95 Å². The van der Waals surface area contributed by atoms with E-state index in [-0.39, 0.29) is 25.8 Å². The monoisotopic (exact) mass is 340 g/mol. The SMILES string of the molecule is COC(=O)c1c(C)c(O)c(Br)c(F)c1Br. The van der Waals surface area contributed by atoms with E-state index in [0.717, 1.165) is 0 Å². The third-order valence-corrected chi connectivity index (χ3v) is 3.40. The first-order valence-electron chi connectivity index (χ1n) is 3.86. The number of esters is 1. The maximum atomic E-state index is 13.5. The number of hydrogen-bond acceptors (Lipinski definition) is 3. The number of carbonyl (C=O) groups excluding carboxylic acids is 1. The first-order chi connectivity index (χ1) is 6.91. The Kier molecular flexibility index (Phi) is 3.72. The third kappa shape index (κ3) is 2.01. The fourth-order valence-corrected chi connectivity index (χ4v) is 2.52. The number of benzene rings is 1. The van der Waals surface area contributed by atoms with Gasteiger partial charge in [-0.3, -0.25) is 0 Å². The first kappa shape index (κ1) is 12.4. The fourth-order valence-electron chi connectivity index (χ4n) is 1.10. The van der Waals surface area contributed by atoms with Crippen LogP contribution in [-0.2, 0) is 4.74 Å². The lowest BCUT2D eigenvalue weighted by atomic mass is 10.1. The van der Waals surface area contributed by atoms with Crippen LogP contribution in [0.3, 0.4) is 0 Å². The Balaban J connectivity index is 3.60. The molecule has 0 radical (unpaired) electrons. The van der Waals surface area contributed by atoms with E-state index in [1.54, 1.807) is 0 Å². The zero-order valence-electron chi connectivity index (χ0n) is 7.90. The van der Waals surface area contributed by atoms with Crippen LogP contribution in [0.5, 0.6) is 5.75 Å². The van der Waals surface area contributed by atoms with Crippen molar-refractivity contribution in [3.8, 4) is 5.75 Å². The number of hydrogen-bond donors (Lipinski definition) is 1. The molecule has 1 rings (SSSR count). The molecule has 0 aliphatic carbocycles. The van der Waals surface area contributed by atoms with Gasteiger partial charge in [0.25, 0.3) is 0 Å². The molecular formula is C9H7Br2FO3. The average Bonchev–Trinajstić information content (AvgIpc) is 2.23. The molecule has 6 heteroatoms. The van der Waals surface area contributed by atoms with Gasteiger partial charge in [-0.1, -0.05) is 0 Å². The molecular weight excluding hydrogens is 335 g/mol. The largest absolute Gasteiger partial charge is 0.506 e. The summed E-state index contributed by atoms with van der Waals surface area (Å²) in [6.07, 6.45) is 0. The summed E-state index contributed by atoms with van der Waals surface area (Å²) in [6, 6.07) is 0. The highest BCUT2D eigenvalue weighted by atomic mass is 79.9. The zero-order chi connectivity index (χ0) is 11.7. The van der Waals surface area contributed by atoms with Gasteiger partial charge in [-0.15, -0.1) is 0 Å². The van der Waals surface area contributed by atoms with Gasteiger partial charge in [-0.05, 0) is 38.8 Å². The van der Waals surface area contributed by atoms with Crippen LogP contribution < -0.4 is 0 Å². The molecule has 1 N–H and O–H groups in total. The number of halogens is 3. The molecule has 0 spiro atoms. The van der Waals surface area contributed by atoms with Crippen molar-refractivity contribution in [1.29, 1.82) is 0 Å². The van der Waals surface area contributed by atoms with Gasteiger partial charge in [0.05, 0.1) is 21.6 Å². The minimum atomic E-state index is -0.737. The molecule has 0 heterocycles. The molecule has 1 aromatic carbocycles. The number of carbonyl (C=O) groups is 1. The summed E-state index contributed by atoms with van der Waals surface area (Å²) < 4.78 is 17.8. The van der Waals surface area contributed by atoms with Crippen LogP contribution in [0, 0.1) is 12.7 Å². The third-order valence-electron chi connectivity index (χ3n) is 1.93. The standard InChI is InChI=1S/C9H7Br2FO3/c1-3-4(9(14)15-2)5(10)7(12)6(11)8(3)13/h13H,1-2H3. The minimum Gasteiger partial charge on any atom is -0.506 e. The number of methoxy groups -OCH3 is 1. The summed E-state index contributed by atoms with van der Waals surface area (Å²) in [5, 5.41) is 9.52. The second kappa shape index (κ2) is 4.49. The van der Waals surface area contributed by atoms with Crippen LogP contribution in [0.2, 0.25) is 0 Å². The molecule has 0 bridgehead atoms. The van der Waals surface area contributed by atoms with Crippen LogP contribution in [0.1, 0.15) is 15.9 Å². The predicted octanol–water partition coefficient (Wildman–Crippen LogP) is 3.15. The van der Waals surface area contributed by atoms with Crippen molar-refractivity contribution in [1.82, 2.24) is 0 Å². The highest BCUT2D eigenvalue weighted by Crippen LogP contribution is 2.38. The molecule has 0 aromatic heterocycles. The summed E-state index contributed by atoms with van der Waals surface area (Å²) in [5.74, 6) is -1.75.